The molecule has 1 atom stereocenters. The highest BCUT2D eigenvalue weighted by Crippen LogP contribution is 2.34. The lowest BCUT2D eigenvalue weighted by atomic mass is 9.83. The van der Waals surface area contributed by atoms with Gasteiger partial charge in [-0.25, -0.2) is 0 Å². The Balaban J connectivity index is 2.36. The molecule has 0 aliphatic rings. The SMILES string of the molecule is CCCCCCCCCCCCCCCCOCC(CSCCCCCCCCCCCC)OC(=O)CCc1cc(C)c(O)c(C(C)(C)C)c1. The highest BCUT2D eigenvalue weighted by atomic mass is 32.2. The summed E-state index contributed by atoms with van der Waals surface area (Å²) in [5, 5.41) is 10.6. The molecule has 1 aromatic rings. The third kappa shape index (κ3) is 25.7. The maximum atomic E-state index is 13.0. The Kier molecular flexibility index (Phi) is 29.3. The molecule has 50 heavy (non-hydrogen) atoms. The summed E-state index contributed by atoms with van der Waals surface area (Å²) in [6.45, 7) is 14.1. The van der Waals surface area contributed by atoms with Crippen LogP contribution in [-0.2, 0) is 26.1 Å². The fourth-order valence-electron chi connectivity index (χ4n) is 6.70. The lowest BCUT2D eigenvalue weighted by molar-refractivity contribution is -0.150. The van der Waals surface area contributed by atoms with Gasteiger partial charge in [-0.15, -0.1) is 0 Å². The molecular formula is C45H82O4S. The highest BCUT2D eigenvalue weighted by molar-refractivity contribution is 7.99. The number of aryl methyl sites for hydroxylation is 2. The second-order valence-electron chi connectivity index (χ2n) is 16.1. The summed E-state index contributed by atoms with van der Waals surface area (Å²) in [6, 6.07) is 4.05. The molecule has 1 unspecified atom stereocenters. The summed E-state index contributed by atoms with van der Waals surface area (Å²) in [5.41, 5.74) is 2.70. The number of ether oxygens (including phenoxy) is 2. The van der Waals surface area contributed by atoms with E-state index in [-0.39, 0.29) is 17.5 Å². The van der Waals surface area contributed by atoms with Gasteiger partial charge in [-0.1, -0.05) is 188 Å². The fraction of sp³-hybridized carbons (Fsp3) is 0.844. The van der Waals surface area contributed by atoms with Crippen molar-refractivity contribution in [2.24, 2.45) is 0 Å². The van der Waals surface area contributed by atoms with Crippen LogP contribution in [0.2, 0.25) is 0 Å². The number of aromatic hydroxyl groups is 1. The van der Waals surface area contributed by atoms with Gasteiger partial charge in [0.1, 0.15) is 11.9 Å². The summed E-state index contributed by atoms with van der Waals surface area (Å²) in [5.74, 6) is 2.12. The van der Waals surface area contributed by atoms with E-state index >= 15 is 0 Å². The van der Waals surface area contributed by atoms with Gasteiger partial charge in [-0.2, -0.15) is 11.8 Å². The smallest absolute Gasteiger partial charge is 0.306 e. The zero-order valence-corrected chi connectivity index (χ0v) is 34.8. The molecule has 0 saturated heterocycles. The molecule has 0 heterocycles. The average Bonchev–Trinajstić information content (AvgIpc) is 3.08. The molecule has 0 amide bonds. The molecule has 0 aliphatic carbocycles. The summed E-state index contributed by atoms with van der Waals surface area (Å²) in [7, 11) is 0. The minimum Gasteiger partial charge on any atom is -0.507 e. The average molecular weight is 719 g/mol. The van der Waals surface area contributed by atoms with Gasteiger partial charge >= 0.3 is 5.97 Å². The van der Waals surface area contributed by atoms with E-state index < -0.39 is 0 Å². The standard InChI is InChI=1S/C45H82O4S/c1-7-9-11-13-15-17-19-20-21-22-23-25-27-29-33-48-37-41(38-50-34-30-28-26-24-18-16-14-12-10-8-2)49-43(46)32-31-40-35-39(3)44(47)42(36-40)45(4,5)6/h35-36,41,47H,7-34,37-38H2,1-6H3. The predicted octanol–water partition coefficient (Wildman–Crippen LogP) is 14.0. The molecule has 0 saturated carbocycles. The van der Waals surface area contributed by atoms with Crippen LogP contribution in [0.15, 0.2) is 12.1 Å². The number of benzene rings is 1. The van der Waals surface area contributed by atoms with Crippen molar-refractivity contribution in [2.75, 3.05) is 24.7 Å². The fourth-order valence-corrected chi connectivity index (χ4v) is 7.70. The van der Waals surface area contributed by atoms with Crippen LogP contribution >= 0.6 is 11.8 Å². The Hall–Kier alpha value is -1.20. The van der Waals surface area contributed by atoms with Crippen LogP contribution in [-0.4, -0.2) is 41.9 Å². The number of phenols is 1. The van der Waals surface area contributed by atoms with Gasteiger partial charge in [-0.05, 0) is 54.0 Å². The summed E-state index contributed by atoms with van der Waals surface area (Å²) in [6.07, 6.45) is 33.2. The molecule has 4 nitrogen and oxygen atoms in total. The van der Waals surface area contributed by atoms with Crippen molar-refractivity contribution >= 4 is 17.7 Å². The minimum absolute atomic E-state index is 0.155. The van der Waals surface area contributed by atoms with Gasteiger partial charge in [0.2, 0.25) is 0 Å². The van der Waals surface area contributed by atoms with Crippen LogP contribution in [0, 0.1) is 6.92 Å². The van der Waals surface area contributed by atoms with Crippen molar-refractivity contribution in [3.8, 4) is 5.75 Å². The Morgan fingerprint density at radius 1 is 0.700 bits per heavy atom. The van der Waals surface area contributed by atoms with E-state index in [9.17, 15) is 9.90 Å². The Bertz CT molecular complexity index is 940. The topological polar surface area (TPSA) is 55.8 Å². The number of unbranched alkanes of at least 4 members (excludes halogenated alkanes) is 22. The van der Waals surface area contributed by atoms with Gasteiger partial charge in [0.05, 0.1) is 6.61 Å². The maximum absolute atomic E-state index is 13.0. The first-order chi connectivity index (χ1) is 24.2. The minimum atomic E-state index is -0.200. The molecule has 1 rings (SSSR count). The maximum Gasteiger partial charge on any atom is 0.306 e. The molecule has 1 aromatic carbocycles. The third-order valence-corrected chi connectivity index (χ3v) is 11.2. The van der Waals surface area contributed by atoms with Crippen LogP contribution in [0.5, 0.6) is 5.75 Å². The number of esters is 1. The summed E-state index contributed by atoms with van der Waals surface area (Å²) < 4.78 is 12.1. The van der Waals surface area contributed by atoms with E-state index in [1.165, 1.54) is 148 Å². The van der Waals surface area contributed by atoms with E-state index in [0.29, 0.717) is 25.2 Å². The second kappa shape index (κ2) is 31.3. The monoisotopic (exact) mass is 719 g/mol. The lowest BCUT2D eigenvalue weighted by Gasteiger charge is -2.23. The van der Waals surface area contributed by atoms with Gasteiger partial charge in [0.15, 0.2) is 0 Å². The molecule has 0 aromatic heterocycles. The van der Waals surface area contributed by atoms with Crippen LogP contribution in [0.4, 0.5) is 0 Å². The molecule has 0 bridgehead atoms. The van der Waals surface area contributed by atoms with Crippen molar-refractivity contribution in [3.63, 3.8) is 0 Å². The number of hydrogen-bond acceptors (Lipinski definition) is 5. The summed E-state index contributed by atoms with van der Waals surface area (Å²) >= 11 is 1.91. The molecule has 5 heteroatoms. The lowest BCUT2D eigenvalue weighted by Crippen LogP contribution is -2.26. The number of carbonyl (C=O) groups excluding carboxylic acids is 1. The molecule has 0 aliphatic heterocycles. The molecule has 1 N–H and O–H groups in total. The molecule has 0 spiro atoms. The number of hydrogen-bond donors (Lipinski definition) is 1. The third-order valence-electron chi connectivity index (χ3n) is 9.98. The highest BCUT2D eigenvalue weighted by Gasteiger charge is 2.21. The van der Waals surface area contributed by atoms with Crippen molar-refractivity contribution in [1.82, 2.24) is 0 Å². The first kappa shape index (κ1) is 46.8. The van der Waals surface area contributed by atoms with Crippen molar-refractivity contribution in [1.29, 1.82) is 0 Å². The van der Waals surface area contributed by atoms with Crippen LogP contribution in [0.3, 0.4) is 0 Å². The van der Waals surface area contributed by atoms with Crippen LogP contribution < -0.4 is 0 Å². The van der Waals surface area contributed by atoms with E-state index in [4.69, 9.17) is 9.47 Å². The zero-order valence-electron chi connectivity index (χ0n) is 34.0. The van der Waals surface area contributed by atoms with E-state index in [0.717, 1.165) is 41.2 Å². The quantitative estimate of drug-likeness (QED) is 0.0568. The Morgan fingerprint density at radius 2 is 1.16 bits per heavy atom. The van der Waals surface area contributed by atoms with Gasteiger partial charge in [-0.3, -0.25) is 4.79 Å². The Labute approximate surface area is 315 Å². The van der Waals surface area contributed by atoms with Crippen LogP contribution in [0.1, 0.15) is 212 Å². The summed E-state index contributed by atoms with van der Waals surface area (Å²) in [4.78, 5) is 13.0. The van der Waals surface area contributed by atoms with Crippen LogP contribution in [0.25, 0.3) is 0 Å². The van der Waals surface area contributed by atoms with E-state index in [2.05, 4.69) is 40.7 Å². The predicted molar refractivity (Wildman–Crippen MR) is 220 cm³/mol. The van der Waals surface area contributed by atoms with E-state index in [1.54, 1.807) is 0 Å². The normalized spacial score (nSPS) is 12.4. The van der Waals surface area contributed by atoms with Gasteiger partial charge in [0.25, 0.3) is 0 Å². The number of thioether (sulfide) groups is 1. The van der Waals surface area contributed by atoms with Gasteiger partial charge < -0.3 is 14.6 Å². The Morgan fingerprint density at radius 3 is 1.64 bits per heavy atom. The number of carbonyl (C=O) groups is 1. The van der Waals surface area contributed by atoms with E-state index in [1.807, 2.05) is 24.8 Å². The van der Waals surface area contributed by atoms with Gasteiger partial charge in [0, 0.05) is 18.8 Å². The first-order valence-corrected chi connectivity index (χ1v) is 22.5. The molecule has 292 valence electrons. The van der Waals surface area contributed by atoms with Crippen molar-refractivity contribution < 1.29 is 19.4 Å². The van der Waals surface area contributed by atoms with Crippen molar-refractivity contribution in [3.05, 3.63) is 28.8 Å². The second-order valence-corrected chi connectivity index (χ2v) is 17.2. The largest absolute Gasteiger partial charge is 0.507 e. The molecule has 0 radical (unpaired) electrons. The first-order valence-electron chi connectivity index (χ1n) is 21.4. The molecule has 0 fully saturated rings. The zero-order chi connectivity index (χ0) is 36.7. The number of phenolic OH excluding ortho intramolecular Hbond substituents is 1. The van der Waals surface area contributed by atoms with Crippen molar-refractivity contribution in [2.45, 2.75) is 220 Å². The number of rotatable bonds is 34. The molecular weight excluding hydrogens is 637 g/mol.